The van der Waals surface area contributed by atoms with E-state index >= 15 is 0 Å². The molecule has 0 saturated heterocycles. The molecule has 0 heterocycles. The van der Waals surface area contributed by atoms with Gasteiger partial charge in [0.25, 0.3) is 5.91 Å². The van der Waals surface area contributed by atoms with E-state index in [1.54, 1.807) is 24.3 Å². The number of primary amides is 1. The van der Waals surface area contributed by atoms with Gasteiger partial charge in [-0.3, -0.25) is 9.59 Å². The minimum Gasteiger partial charge on any atom is -0.481 e. The topological polar surface area (TPSA) is 81.4 Å². The minimum atomic E-state index is -0.653. The molecule has 3 N–H and O–H groups in total. The van der Waals surface area contributed by atoms with E-state index in [1.165, 1.54) is 0 Å². The van der Waals surface area contributed by atoms with Crippen molar-refractivity contribution in [3.8, 4) is 16.9 Å². The van der Waals surface area contributed by atoms with E-state index in [1.807, 2.05) is 61.5 Å². The zero-order chi connectivity index (χ0) is 19.9. The number of carbonyl (C=O) groups excluding carboxylic acids is 2. The molecule has 1 unspecified atom stereocenters. The summed E-state index contributed by atoms with van der Waals surface area (Å²) in [5, 5.41) is 2.77. The lowest BCUT2D eigenvalue weighted by Gasteiger charge is -2.18. The normalized spacial score (nSPS) is 11.5. The highest BCUT2D eigenvalue weighted by atomic mass is 16.5. The van der Waals surface area contributed by atoms with E-state index in [-0.39, 0.29) is 5.91 Å². The van der Waals surface area contributed by atoms with Crippen molar-refractivity contribution in [2.45, 2.75) is 19.4 Å². The van der Waals surface area contributed by atoms with Gasteiger partial charge < -0.3 is 15.8 Å². The number of ether oxygens (including phenoxy) is 1. The molecular weight excluding hydrogens is 352 g/mol. The maximum absolute atomic E-state index is 12.6. The Balaban J connectivity index is 1.67. The highest BCUT2D eigenvalue weighted by Gasteiger charge is 2.19. The van der Waals surface area contributed by atoms with Crippen molar-refractivity contribution in [1.82, 2.24) is 0 Å². The lowest BCUT2D eigenvalue weighted by molar-refractivity contribution is -0.122. The average Bonchev–Trinajstić information content (AvgIpc) is 2.73. The van der Waals surface area contributed by atoms with Crippen molar-refractivity contribution in [3.63, 3.8) is 0 Å². The summed E-state index contributed by atoms with van der Waals surface area (Å²) in [6, 6.07) is 24.2. The highest BCUT2D eigenvalue weighted by Crippen LogP contribution is 2.23. The number of hydrogen-bond acceptors (Lipinski definition) is 3. The highest BCUT2D eigenvalue weighted by molar-refractivity contribution is 5.97. The van der Waals surface area contributed by atoms with Gasteiger partial charge in [-0.25, -0.2) is 0 Å². The van der Waals surface area contributed by atoms with E-state index in [9.17, 15) is 9.59 Å². The summed E-state index contributed by atoms with van der Waals surface area (Å²) in [4.78, 5) is 23.9. The molecule has 5 nitrogen and oxygen atoms in total. The molecule has 5 heteroatoms. The number of nitrogens with two attached hydrogens (primary N) is 1. The maximum atomic E-state index is 12.6. The zero-order valence-electron chi connectivity index (χ0n) is 15.6. The third-order valence-corrected chi connectivity index (χ3v) is 4.32. The number of anilines is 1. The van der Waals surface area contributed by atoms with Crippen LogP contribution in [0, 0.1) is 0 Å². The van der Waals surface area contributed by atoms with Crippen LogP contribution in [0.25, 0.3) is 11.1 Å². The second-order valence-corrected chi connectivity index (χ2v) is 6.34. The first-order chi connectivity index (χ1) is 13.6. The second-order valence-electron chi connectivity index (χ2n) is 6.34. The Morgan fingerprint density at radius 1 is 0.929 bits per heavy atom. The van der Waals surface area contributed by atoms with E-state index in [0.29, 0.717) is 23.4 Å². The van der Waals surface area contributed by atoms with Crippen molar-refractivity contribution < 1.29 is 14.3 Å². The molecule has 28 heavy (non-hydrogen) atoms. The molecule has 0 spiro atoms. The van der Waals surface area contributed by atoms with Gasteiger partial charge in [0.15, 0.2) is 6.10 Å². The van der Waals surface area contributed by atoms with Crippen LogP contribution in [0.3, 0.4) is 0 Å². The van der Waals surface area contributed by atoms with Gasteiger partial charge in [0.2, 0.25) is 5.91 Å². The Morgan fingerprint density at radius 2 is 1.61 bits per heavy atom. The van der Waals surface area contributed by atoms with Crippen LogP contribution in [0.4, 0.5) is 5.69 Å². The molecule has 0 radical (unpaired) electrons. The smallest absolute Gasteiger partial charge is 0.265 e. The monoisotopic (exact) mass is 374 g/mol. The fraction of sp³-hybridized carbons (Fsp3) is 0.130. The van der Waals surface area contributed by atoms with E-state index in [0.717, 1.165) is 11.1 Å². The Kier molecular flexibility index (Phi) is 6.07. The van der Waals surface area contributed by atoms with Crippen LogP contribution in [-0.2, 0) is 4.79 Å². The van der Waals surface area contributed by atoms with Gasteiger partial charge >= 0.3 is 0 Å². The molecule has 0 aromatic heterocycles. The number of rotatable bonds is 7. The van der Waals surface area contributed by atoms with E-state index in [2.05, 4.69) is 5.32 Å². The SMILES string of the molecule is CCC(Oc1ccc(-c2ccccc2)cc1)C(=O)Nc1cccc(C(N)=O)c1. The molecule has 0 aliphatic rings. The van der Waals surface area contributed by atoms with Crippen molar-refractivity contribution in [1.29, 1.82) is 0 Å². The molecule has 2 amide bonds. The third-order valence-electron chi connectivity index (χ3n) is 4.32. The molecule has 1 atom stereocenters. The largest absolute Gasteiger partial charge is 0.481 e. The summed E-state index contributed by atoms with van der Waals surface area (Å²) in [6.45, 7) is 1.88. The summed E-state index contributed by atoms with van der Waals surface area (Å²) in [7, 11) is 0. The van der Waals surface area contributed by atoms with E-state index in [4.69, 9.17) is 10.5 Å². The molecule has 3 aromatic rings. The fourth-order valence-electron chi connectivity index (χ4n) is 2.82. The molecule has 0 fully saturated rings. The fourth-order valence-corrected chi connectivity index (χ4v) is 2.82. The molecule has 0 aliphatic heterocycles. The first-order valence-electron chi connectivity index (χ1n) is 9.09. The van der Waals surface area contributed by atoms with Gasteiger partial charge in [-0.1, -0.05) is 55.5 Å². The summed E-state index contributed by atoms with van der Waals surface area (Å²) < 4.78 is 5.86. The van der Waals surface area contributed by atoms with Gasteiger partial charge in [-0.05, 0) is 47.9 Å². The third kappa shape index (κ3) is 4.76. The van der Waals surface area contributed by atoms with Crippen molar-refractivity contribution in [2.24, 2.45) is 5.73 Å². The number of amides is 2. The number of carbonyl (C=O) groups is 2. The maximum Gasteiger partial charge on any atom is 0.265 e. The Bertz CT molecular complexity index is 953. The molecule has 0 aliphatic carbocycles. The second kappa shape index (κ2) is 8.86. The van der Waals surface area contributed by atoms with Crippen molar-refractivity contribution in [3.05, 3.63) is 84.4 Å². The summed E-state index contributed by atoms with van der Waals surface area (Å²) in [5.41, 5.74) is 8.31. The molecule has 142 valence electrons. The van der Waals surface area contributed by atoms with Crippen LogP contribution in [-0.4, -0.2) is 17.9 Å². The van der Waals surface area contributed by atoms with Crippen LogP contribution in [0.15, 0.2) is 78.9 Å². The van der Waals surface area contributed by atoms with Crippen LogP contribution >= 0.6 is 0 Å². The van der Waals surface area contributed by atoms with Gasteiger partial charge in [0.05, 0.1) is 0 Å². The summed E-state index contributed by atoms with van der Waals surface area (Å²) in [5.74, 6) is -0.207. The Morgan fingerprint density at radius 3 is 2.25 bits per heavy atom. The van der Waals surface area contributed by atoms with Gasteiger partial charge in [-0.15, -0.1) is 0 Å². The lowest BCUT2D eigenvalue weighted by Crippen LogP contribution is -2.32. The predicted octanol–water partition coefficient (Wildman–Crippen LogP) is 4.25. The average molecular weight is 374 g/mol. The Labute approximate surface area is 164 Å². The summed E-state index contributed by atoms with van der Waals surface area (Å²) in [6.07, 6.45) is -0.151. The standard InChI is InChI=1S/C23H22N2O3/c1-2-21(23(27)25-19-10-6-9-18(15-19)22(24)26)28-20-13-11-17(12-14-20)16-7-4-3-5-8-16/h3-15,21H,2H2,1H3,(H2,24,26)(H,25,27). The number of hydrogen-bond donors (Lipinski definition) is 2. The van der Waals surface area contributed by atoms with Gasteiger partial charge in [0, 0.05) is 11.3 Å². The summed E-state index contributed by atoms with van der Waals surface area (Å²) >= 11 is 0. The molecule has 3 rings (SSSR count). The quantitative estimate of drug-likeness (QED) is 0.649. The number of benzene rings is 3. The predicted molar refractivity (Wildman–Crippen MR) is 110 cm³/mol. The molecular formula is C23H22N2O3. The zero-order valence-corrected chi connectivity index (χ0v) is 15.6. The van der Waals surface area contributed by atoms with Crippen LogP contribution in [0.1, 0.15) is 23.7 Å². The lowest BCUT2D eigenvalue weighted by atomic mass is 10.1. The van der Waals surface area contributed by atoms with Crippen LogP contribution in [0.5, 0.6) is 5.75 Å². The Hall–Kier alpha value is -3.60. The van der Waals surface area contributed by atoms with Crippen LogP contribution < -0.4 is 15.8 Å². The van der Waals surface area contributed by atoms with Crippen molar-refractivity contribution >= 4 is 17.5 Å². The number of nitrogens with one attached hydrogen (secondary N) is 1. The van der Waals surface area contributed by atoms with Crippen molar-refractivity contribution in [2.75, 3.05) is 5.32 Å². The first kappa shape index (κ1) is 19.2. The van der Waals surface area contributed by atoms with Crippen LogP contribution in [0.2, 0.25) is 0 Å². The van der Waals surface area contributed by atoms with E-state index < -0.39 is 12.0 Å². The molecule has 0 saturated carbocycles. The molecule has 3 aromatic carbocycles. The molecule has 0 bridgehead atoms. The van der Waals surface area contributed by atoms with Gasteiger partial charge in [-0.2, -0.15) is 0 Å². The first-order valence-corrected chi connectivity index (χ1v) is 9.09. The van der Waals surface area contributed by atoms with Gasteiger partial charge in [0.1, 0.15) is 5.75 Å². The minimum absolute atomic E-state index is 0.281.